The number of halogens is 1. The number of fused-ring (bicyclic) bond motifs is 1. The first-order valence-corrected chi connectivity index (χ1v) is 9.20. The second-order valence-corrected chi connectivity index (χ2v) is 7.20. The van der Waals surface area contributed by atoms with Gasteiger partial charge in [-0.05, 0) is 56.9 Å². The summed E-state index contributed by atoms with van der Waals surface area (Å²) in [6, 6.07) is 14.6. The molecule has 2 aromatic carbocycles. The zero-order valence-corrected chi connectivity index (χ0v) is 15.4. The van der Waals surface area contributed by atoms with Gasteiger partial charge in [-0.15, -0.1) is 0 Å². The smallest absolute Gasteiger partial charge is 0.133 e. The second-order valence-electron chi connectivity index (χ2n) is 6.77. The summed E-state index contributed by atoms with van der Waals surface area (Å²) in [4.78, 5) is 0. The summed E-state index contributed by atoms with van der Waals surface area (Å²) in [6.07, 6.45) is 3.42. The predicted molar refractivity (Wildman–Crippen MR) is 105 cm³/mol. The van der Waals surface area contributed by atoms with Crippen LogP contribution in [0.1, 0.15) is 29.5 Å². The van der Waals surface area contributed by atoms with Crippen molar-refractivity contribution in [3.63, 3.8) is 0 Å². The maximum Gasteiger partial charge on any atom is 0.133 e. The largest absolute Gasteiger partial charge is 0.370 e. The van der Waals surface area contributed by atoms with Crippen LogP contribution in [-0.4, -0.2) is 16.3 Å². The molecule has 0 bridgehead atoms. The predicted octanol–water partition coefficient (Wildman–Crippen LogP) is 5.56. The number of rotatable bonds is 2. The summed E-state index contributed by atoms with van der Waals surface area (Å²) < 4.78 is 2.06. The Morgan fingerprint density at radius 1 is 1.04 bits per heavy atom. The molecule has 4 heteroatoms. The minimum Gasteiger partial charge on any atom is -0.370 e. The molecule has 0 atom stereocenters. The van der Waals surface area contributed by atoms with Crippen molar-refractivity contribution in [2.75, 3.05) is 11.9 Å². The average molecular weight is 352 g/mol. The molecule has 1 aliphatic rings. The minimum absolute atomic E-state index is 0.756. The summed E-state index contributed by atoms with van der Waals surface area (Å²) in [5, 5.41) is 9.36. The third-order valence-corrected chi connectivity index (χ3v) is 5.08. The molecular formula is C21H22ClN3. The maximum absolute atomic E-state index is 6.14. The van der Waals surface area contributed by atoms with E-state index in [9.17, 15) is 0 Å². The SMILES string of the molecule is Cc1ccc(-c2nn(-c3ccc(Cl)cc3C)c3c2CCCCN3)cc1. The minimum atomic E-state index is 0.756. The van der Waals surface area contributed by atoms with Crippen molar-refractivity contribution in [3.05, 3.63) is 64.2 Å². The van der Waals surface area contributed by atoms with Gasteiger partial charge < -0.3 is 5.32 Å². The molecule has 3 nitrogen and oxygen atoms in total. The monoisotopic (exact) mass is 351 g/mol. The van der Waals surface area contributed by atoms with Crippen molar-refractivity contribution in [1.82, 2.24) is 9.78 Å². The van der Waals surface area contributed by atoms with E-state index in [1.165, 1.54) is 29.5 Å². The molecule has 0 amide bonds. The first kappa shape index (κ1) is 16.2. The lowest BCUT2D eigenvalue weighted by Gasteiger charge is -2.11. The van der Waals surface area contributed by atoms with Gasteiger partial charge in [0.2, 0.25) is 0 Å². The fraction of sp³-hybridized carbons (Fsp3) is 0.286. The van der Waals surface area contributed by atoms with Gasteiger partial charge in [-0.25, -0.2) is 4.68 Å². The number of hydrogen-bond donors (Lipinski definition) is 1. The molecule has 1 aromatic heterocycles. The Morgan fingerprint density at radius 3 is 2.60 bits per heavy atom. The average Bonchev–Trinajstić information content (AvgIpc) is 2.78. The van der Waals surface area contributed by atoms with Gasteiger partial charge in [-0.3, -0.25) is 0 Å². The third kappa shape index (κ3) is 3.05. The Morgan fingerprint density at radius 2 is 1.84 bits per heavy atom. The molecule has 0 spiro atoms. The Hall–Kier alpha value is -2.26. The Bertz CT molecular complexity index is 910. The third-order valence-electron chi connectivity index (χ3n) is 4.84. The van der Waals surface area contributed by atoms with E-state index in [4.69, 9.17) is 16.7 Å². The second kappa shape index (κ2) is 6.57. The fourth-order valence-electron chi connectivity index (χ4n) is 3.48. The van der Waals surface area contributed by atoms with Gasteiger partial charge in [-0.2, -0.15) is 5.10 Å². The molecule has 0 unspecified atom stereocenters. The number of aryl methyl sites for hydroxylation is 2. The van der Waals surface area contributed by atoms with Gasteiger partial charge in [0.25, 0.3) is 0 Å². The van der Waals surface area contributed by atoms with E-state index in [1.807, 2.05) is 12.1 Å². The Balaban J connectivity index is 1.91. The molecule has 3 aromatic rings. The van der Waals surface area contributed by atoms with Gasteiger partial charge in [0.05, 0.1) is 11.4 Å². The summed E-state index contributed by atoms with van der Waals surface area (Å²) in [5.41, 5.74) is 7.04. The number of anilines is 1. The Labute approximate surface area is 153 Å². The van der Waals surface area contributed by atoms with E-state index in [2.05, 4.69) is 54.2 Å². The zero-order chi connectivity index (χ0) is 17.4. The van der Waals surface area contributed by atoms with Gasteiger partial charge in [0.15, 0.2) is 0 Å². The lowest BCUT2D eigenvalue weighted by molar-refractivity contribution is 0.779. The van der Waals surface area contributed by atoms with Crippen LogP contribution in [0.5, 0.6) is 0 Å². The molecule has 4 rings (SSSR count). The van der Waals surface area contributed by atoms with Gasteiger partial charge in [0.1, 0.15) is 5.82 Å². The first-order chi connectivity index (χ1) is 12.1. The molecule has 25 heavy (non-hydrogen) atoms. The topological polar surface area (TPSA) is 29.9 Å². The van der Waals surface area contributed by atoms with Crippen LogP contribution < -0.4 is 5.32 Å². The highest BCUT2D eigenvalue weighted by Crippen LogP contribution is 2.35. The number of benzene rings is 2. The number of hydrogen-bond acceptors (Lipinski definition) is 2. The molecule has 0 radical (unpaired) electrons. The van der Waals surface area contributed by atoms with E-state index in [-0.39, 0.29) is 0 Å². The molecule has 1 N–H and O–H groups in total. The highest BCUT2D eigenvalue weighted by Gasteiger charge is 2.22. The van der Waals surface area contributed by atoms with Crippen molar-refractivity contribution in [3.8, 4) is 16.9 Å². The molecule has 1 aliphatic heterocycles. The highest BCUT2D eigenvalue weighted by molar-refractivity contribution is 6.30. The molecule has 0 aliphatic carbocycles. The summed E-state index contributed by atoms with van der Waals surface area (Å²) in [7, 11) is 0. The summed E-state index contributed by atoms with van der Waals surface area (Å²) >= 11 is 6.14. The van der Waals surface area contributed by atoms with Gasteiger partial charge in [-0.1, -0.05) is 41.4 Å². The van der Waals surface area contributed by atoms with Crippen molar-refractivity contribution in [2.45, 2.75) is 33.1 Å². The number of nitrogens with one attached hydrogen (secondary N) is 1. The van der Waals surface area contributed by atoms with Crippen LogP contribution in [0.3, 0.4) is 0 Å². The Kier molecular flexibility index (Phi) is 4.26. The first-order valence-electron chi connectivity index (χ1n) is 8.83. The van der Waals surface area contributed by atoms with Crippen LogP contribution in [0.15, 0.2) is 42.5 Å². The van der Waals surface area contributed by atoms with Crippen molar-refractivity contribution in [1.29, 1.82) is 0 Å². The van der Waals surface area contributed by atoms with Crippen LogP contribution in [0.2, 0.25) is 5.02 Å². The van der Waals surface area contributed by atoms with E-state index < -0.39 is 0 Å². The lowest BCUT2D eigenvalue weighted by atomic mass is 10.0. The van der Waals surface area contributed by atoms with Crippen LogP contribution >= 0.6 is 11.6 Å². The highest BCUT2D eigenvalue weighted by atomic mass is 35.5. The molecule has 0 saturated carbocycles. The van der Waals surface area contributed by atoms with Crippen LogP contribution in [0.4, 0.5) is 5.82 Å². The molecule has 128 valence electrons. The van der Waals surface area contributed by atoms with Crippen molar-refractivity contribution in [2.24, 2.45) is 0 Å². The van der Waals surface area contributed by atoms with Crippen molar-refractivity contribution >= 4 is 17.4 Å². The number of nitrogens with zero attached hydrogens (tertiary/aromatic N) is 2. The summed E-state index contributed by atoms with van der Waals surface area (Å²) in [6.45, 7) is 5.18. The van der Waals surface area contributed by atoms with Crippen LogP contribution in [-0.2, 0) is 6.42 Å². The quantitative estimate of drug-likeness (QED) is 0.655. The van der Waals surface area contributed by atoms with E-state index in [0.29, 0.717) is 0 Å². The maximum atomic E-state index is 6.14. The molecular weight excluding hydrogens is 330 g/mol. The van der Waals surface area contributed by atoms with Crippen LogP contribution in [0, 0.1) is 13.8 Å². The summed E-state index contributed by atoms with van der Waals surface area (Å²) in [5.74, 6) is 1.12. The van der Waals surface area contributed by atoms with Crippen molar-refractivity contribution < 1.29 is 0 Å². The standard InChI is InChI=1S/C21H22ClN3/c1-14-6-8-16(9-7-14)20-18-5-3-4-12-23-21(18)25(24-20)19-11-10-17(22)13-15(19)2/h6-11,13,23H,3-5,12H2,1-2H3. The molecule has 2 heterocycles. The van der Waals surface area contributed by atoms with E-state index in [0.717, 1.165) is 40.8 Å². The zero-order valence-electron chi connectivity index (χ0n) is 14.6. The van der Waals surface area contributed by atoms with Gasteiger partial charge in [0, 0.05) is 22.7 Å². The normalized spacial score (nSPS) is 13.9. The van der Waals surface area contributed by atoms with E-state index in [1.54, 1.807) is 0 Å². The molecule has 0 fully saturated rings. The lowest BCUT2D eigenvalue weighted by Crippen LogP contribution is -2.08. The van der Waals surface area contributed by atoms with E-state index >= 15 is 0 Å². The van der Waals surface area contributed by atoms with Gasteiger partial charge >= 0.3 is 0 Å². The molecule has 0 saturated heterocycles. The number of aromatic nitrogens is 2. The fourth-order valence-corrected chi connectivity index (χ4v) is 3.70. The van der Waals surface area contributed by atoms with Crippen LogP contribution in [0.25, 0.3) is 16.9 Å².